The van der Waals surface area contributed by atoms with Gasteiger partial charge in [0.15, 0.2) is 0 Å². The number of aliphatic hydroxyl groups excluding tert-OH is 1. The molecule has 0 aliphatic carbocycles. The van der Waals surface area contributed by atoms with Gasteiger partial charge in [-0.05, 0) is 12.0 Å². The second-order valence-electron chi connectivity index (χ2n) is 4.42. The van der Waals surface area contributed by atoms with Crippen LogP contribution in [-0.2, 0) is 16.2 Å². The van der Waals surface area contributed by atoms with E-state index in [0.717, 1.165) is 0 Å². The summed E-state index contributed by atoms with van der Waals surface area (Å²) < 4.78 is 0. The molecule has 2 amide bonds. The molecule has 4 nitrogen and oxygen atoms in total. The molecular formula is C13H15NO3. The fourth-order valence-electron chi connectivity index (χ4n) is 2.12. The first-order valence-electron chi connectivity index (χ1n) is 5.68. The van der Waals surface area contributed by atoms with Gasteiger partial charge in [-0.15, -0.1) is 0 Å². The summed E-state index contributed by atoms with van der Waals surface area (Å²) in [5.41, 5.74) is 1.11. The number of hydrogen-bond donors (Lipinski definition) is 1. The van der Waals surface area contributed by atoms with Crippen molar-refractivity contribution < 1.29 is 14.7 Å². The molecule has 2 rings (SSSR count). The molecule has 1 N–H and O–H groups in total. The number of hydrogen-bond acceptors (Lipinski definition) is 3. The van der Waals surface area contributed by atoms with E-state index in [1.165, 1.54) is 4.90 Å². The van der Waals surface area contributed by atoms with E-state index >= 15 is 0 Å². The number of para-hydroxylation sites is 1. The van der Waals surface area contributed by atoms with E-state index in [2.05, 4.69) is 0 Å². The molecule has 0 radical (unpaired) electrons. The van der Waals surface area contributed by atoms with E-state index in [-0.39, 0.29) is 24.3 Å². The number of rotatable bonds is 2. The van der Waals surface area contributed by atoms with Crippen LogP contribution in [0.3, 0.4) is 0 Å². The number of carbonyl (C=O) groups is 2. The first-order chi connectivity index (χ1) is 8.13. The third-order valence-corrected chi connectivity index (χ3v) is 2.95. The van der Waals surface area contributed by atoms with Crippen LogP contribution in [0.1, 0.15) is 25.3 Å². The zero-order chi connectivity index (χ0) is 12.4. The molecule has 90 valence electrons. The lowest BCUT2D eigenvalue weighted by molar-refractivity contribution is -0.130. The standard InChI is InChI=1S/C13H15NO3/c1-9-6-12(16)14(13(17)7-9)11-5-3-2-4-10(11)8-15/h2-5,9,15H,6-8H2,1H3. The van der Waals surface area contributed by atoms with Gasteiger partial charge in [0.05, 0.1) is 12.3 Å². The monoisotopic (exact) mass is 233 g/mol. The van der Waals surface area contributed by atoms with Crippen LogP contribution in [0.2, 0.25) is 0 Å². The number of anilines is 1. The maximum atomic E-state index is 11.9. The number of imide groups is 1. The molecule has 1 heterocycles. The first kappa shape index (κ1) is 11.8. The Morgan fingerprint density at radius 1 is 1.24 bits per heavy atom. The van der Waals surface area contributed by atoms with Crippen molar-refractivity contribution in [3.05, 3.63) is 29.8 Å². The highest BCUT2D eigenvalue weighted by atomic mass is 16.3. The van der Waals surface area contributed by atoms with E-state index in [9.17, 15) is 14.7 Å². The molecule has 0 atom stereocenters. The largest absolute Gasteiger partial charge is 0.392 e. The molecule has 0 aromatic heterocycles. The lowest BCUT2D eigenvalue weighted by Crippen LogP contribution is -2.43. The molecule has 1 fully saturated rings. The minimum absolute atomic E-state index is 0.104. The van der Waals surface area contributed by atoms with Crippen molar-refractivity contribution in [3.8, 4) is 0 Å². The fraction of sp³-hybridized carbons (Fsp3) is 0.385. The summed E-state index contributed by atoms with van der Waals surface area (Å²) in [6.45, 7) is 1.72. The van der Waals surface area contributed by atoms with E-state index in [1.807, 2.05) is 6.92 Å². The van der Waals surface area contributed by atoms with Gasteiger partial charge in [0.25, 0.3) is 0 Å². The van der Waals surface area contributed by atoms with Crippen molar-refractivity contribution in [2.75, 3.05) is 4.90 Å². The van der Waals surface area contributed by atoms with E-state index < -0.39 is 0 Å². The average Bonchev–Trinajstić information content (AvgIpc) is 2.28. The predicted molar refractivity (Wildman–Crippen MR) is 63.3 cm³/mol. The molecule has 0 unspecified atom stereocenters. The third-order valence-electron chi connectivity index (χ3n) is 2.95. The fourth-order valence-corrected chi connectivity index (χ4v) is 2.12. The Morgan fingerprint density at radius 2 is 1.82 bits per heavy atom. The zero-order valence-corrected chi connectivity index (χ0v) is 9.72. The molecular weight excluding hydrogens is 218 g/mol. The van der Waals surface area contributed by atoms with E-state index in [0.29, 0.717) is 24.1 Å². The summed E-state index contributed by atoms with van der Waals surface area (Å²) >= 11 is 0. The first-order valence-corrected chi connectivity index (χ1v) is 5.68. The van der Waals surface area contributed by atoms with E-state index in [4.69, 9.17) is 0 Å². The van der Waals surface area contributed by atoms with Gasteiger partial charge in [-0.3, -0.25) is 14.5 Å². The average molecular weight is 233 g/mol. The van der Waals surface area contributed by atoms with Crippen LogP contribution in [0, 0.1) is 5.92 Å². The number of benzene rings is 1. The van der Waals surface area contributed by atoms with Gasteiger partial charge in [-0.2, -0.15) is 0 Å². The highest BCUT2D eigenvalue weighted by Crippen LogP contribution is 2.27. The molecule has 17 heavy (non-hydrogen) atoms. The van der Waals surface area contributed by atoms with Gasteiger partial charge in [-0.1, -0.05) is 25.1 Å². The maximum Gasteiger partial charge on any atom is 0.234 e. The van der Waals surface area contributed by atoms with Crippen LogP contribution in [-0.4, -0.2) is 16.9 Å². The summed E-state index contributed by atoms with van der Waals surface area (Å²) in [6, 6.07) is 6.94. The Kier molecular flexibility index (Phi) is 3.24. The number of nitrogens with zero attached hydrogens (tertiary/aromatic N) is 1. The molecule has 1 aliphatic rings. The van der Waals surface area contributed by atoms with Crippen molar-refractivity contribution in [2.24, 2.45) is 5.92 Å². The third kappa shape index (κ3) is 2.22. The molecule has 4 heteroatoms. The highest BCUT2D eigenvalue weighted by Gasteiger charge is 2.32. The van der Waals surface area contributed by atoms with Gasteiger partial charge in [-0.25, -0.2) is 0 Å². The van der Waals surface area contributed by atoms with Gasteiger partial charge in [0, 0.05) is 18.4 Å². The van der Waals surface area contributed by atoms with Crippen LogP contribution in [0.15, 0.2) is 24.3 Å². The molecule has 0 spiro atoms. The normalized spacial score (nSPS) is 17.6. The number of piperidine rings is 1. The zero-order valence-electron chi connectivity index (χ0n) is 9.72. The van der Waals surface area contributed by atoms with Crippen molar-refractivity contribution in [2.45, 2.75) is 26.4 Å². The highest BCUT2D eigenvalue weighted by molar-refractivity contribution is 6.16. The Balaban J connectivity index is 2.38. The van der Waals surface area contributed by atoms with Crippen molar-refractivity contribution >= 4 is 17.5 Å². The lowest BCUT2D eigenvalue weighted by atomic mass is 9.96. The van der Waals surface area contributed by atoms with Crippen LogP contribution < -0.4 is 4.90 Å². The molecule has 1 aromatic carbocycles. The Hall–Kier alpha value is -1.68. The quantitative estimate of drug-likeness (QED) is 0.787. The minimum atomic E-state index is -0.186. The summed E-state index contributed by atoms with van der Waals surface area (Å²) in [4.78, 5) is 25.0. The maximum absolute atomic E-state index is 11.9. The summed E-state index contributed by atoms with van der Waals surface area (Å²) in [6.07, 6.45) is 0.761. The number of carbonyl (C=O) groups excluding carboxylic acids is 2. The molecule has 1 aliphatic heterocycles. The second kappa shape index (κ2) is 4.67. The van der Waals surface area contributed by atoms with Crippen LogP contribution >= 0.6 is 0 Å². The summed E-state index contributed by atoms with van der Waals surface area (Å²) in [5, 5.41) is 9.22. The number of aliphatic hydroxyl groups is 1. The molecule has 0 saturated carbocycles. The van der Waals surface area contributed by atoms with Crippen molar-refractivity contribution in [1.29, 1.82) is 0 Å². The van der Waals surface area contributed by atoms with Crippen molar-refractivity contribution in [1.82, 2.24) is 0 Å². The SMILES string of the molecule is CC1CC(=O)N(c2ccccc2CO)C(=O)C1. The molecule has 0 bridgehead atoms. The minimum Gasteiger partial charge on any atom is -0.392 e. The van der Waals surface area contributed by atoms with Gasteiger partial charge in [0.1, 0.15) is 0 Å². The summed E-state index contributed by atoms with van der Waals surface area (Å²) in [7, 11) is 0. The van der Waals surface area contributed by atoms with Gasteiger partial charge >= 0.3 is 0 Å². The Labute approximate surface area is 99.9 Å². The van der Waals surface area contributed by atoms with Gasteiger partial charge in [0.2, 0.25) is 11.8 Å². The van der Waals surface area contributed by atoms with Crippen LogP contribution in [0.4, 0.5) is 5.69 Å². The molecule has 1 aromatic rings. The Morgan fingerprint density at radius 3 is 2.41 bits per heavy atom. The van der Waals surface area contributed by atoms with Crippen molar-refractivity contribution in [3.63, 3.8) is 0 Å². The van der Waals surface area contributed by atoms with Crippen LogP contribution in [0.25, 0.3) is 0 Å². The Bertz CT molecular complexity index is 438. The van der Waals surface area contributed by atoms with E-state index in [1.54, 1.807) is 24.3 Å². The molecule has 1 saturated heterocycles. The smallest absolute Gasteiger partial charge is 0.234 e. The topological polar surface area (TPSA) is 57.6 Å². The van der Waals surface area contributed by atoms with Crippen LogP contribution in [0.5, 0.6) is 0 Å². The second-order valence-corrected chi connectivity index (χ2v) is 4.42. The number of amides is 2. The summed E-state index contributed by atoms with van der Waals surface area (Å²) in [5.74, 6) is -0.267. The predicted octanol–water partition coefficient (Wildman–Crippen LogP) is 1.47. The van der Waals surface area contributed by atoms with Gasteiger partial charge < -0.3 is 5.11 Å². The lowest BCUT2D eigenvalue weighted by Gasteiger charge is -2.29.